The van der Waals surface area contributed by atoms with Crippen molar-refractivity contribution in [2.24, 2.45) is 0 Å². The van der Waals surface area contributed by atoms with Crippen molar-refractivity contribution in [1.82, 2.24) is 6.15 Å². The van der Waals surface area contributed by atoms with E-state index in [4.69, 9.17) is 33.4 Å². The Morgan fingerprint density at radius 3 is 0.667 bits per heavy atom. The van der Waals surface area contributed by atoms with Gasteiger partial charge < -0.3 is 26.6 Å². The molecular weight excluding hydrogens is 462 g/mol. The summed E-state index contributed by atoms with van der Waals surface area (Å²) in [4.78, 5) is 40.6. The van der Waals surface area contributed by atoms with Gasteiger partial charge in [-0.25, -0.2) is 8.42 Å². The van der Waals surface area contributed by atoms with E-state index < -0.39 is 34.9 Å². The second-order valence-corrected chi connectivity index (χ2v) is 7.53. The van der Waals surface area contributed by atoms with Gasteiger partial charge in [0.05, 0.1) is 0 Å². The summed E-state index contributed by atoms with van der Waals surface area (Å²) in [6.07, 6.45) is 11.6. The quantitative estimate of drug-likeness (QED) is 0.0802. The van der Waals surface area contributed by atoms with Crippen molar-refractivity contribution >= 4 is 34.9 Å². The number of hydrogen-bond donors (Lipinski definition) is 7. The van der Waals surface area contributed by atoms with Gasteiger partial charge in [-0.05, 0) is 25.7 Å². The van der Waals surface area contributed by atoms with Crippen molar-refractivity contribution in [2.45, 2.75) is 103 Å². The van der Waals surface area contributed by atoms with E-state index in [0.717, 1.165) is 77.0 Å². The molecule has 0 aliphatic heterocycles. The Morgan fingerprint density at radius 1 is 0.424 bits per heavy atom. The first-order chi connectivity index (χ1) is 15.0. The summed E-state index contributed by atoms with van der Waals surface area (Å²) >= 11 is 0. The van der Waals surface area contributed by atoms with E-state index in [9.17, 15) is 19.2 Å². The Morgan fingerprint density at radius 2 is 0.545 bits per heavy atom. The SMILES string of the molecule is N.O=C(O)CCCCCCCCC(=O)O.O=C(O)CCCCCCCCC(=O)O.O=[SH](=O)O. The molecule has 13 heteroatoms. The normalized spacial score (nSPS) is 9.52. The fourth-order valence-corrected chi connectivity index (χ4v) is 2.52. The van der Waals surface area contributed by atoms with Crippen LogP contribution in [-0.4, -0.2) is 57.3 Å². The average Bonchev–Trinajstić information content (AvgIpc) is 2.65. The molecule has 0 heterocycles. The number of unbranched alkanes of at least 4 members (excludes halogenated alkanes) is 10. The van der Waals surface area contributed by atoms with Crippen LogP contribution in [0.4, 0.5) is 0 Å². The minimum absolute atomic E-state index is 0. The van der Waals surface area contributed by atoms with Crippen LogP contribution in [0.5, 0.6) is 0 Å². The Bertz CT molecular complexity index is 492. The molecule has 0 saturated heterocycles. The molecular formula is C20H41NO11S. The van der Waals surface area contributed by atoms with Crippen LogP contribution in [0.15, 0.2) is 0 Å². The van der Waals surface area contributed by atoms with Crippen molar-refractivity contribution in [2.75, 3.05) is 0 Å². The number of carboxylic acid groups (broad SMARTS) is 4. The molecule has 0 aliphatic rings. The van der Waals surface area contributed by atoms with Gasteiger partial charge in [-0.1, -0.05) is 51.4 Å². The van der Waals surface area contributed by atoms with Crippen LogP contribution in [-0.2, 0) is 30.2 Å². The monoisotopic (exact) mass is 503 g/mol. The van der Waals surface area contributed by atoms with Crippen LogP contribution in [0.25, 0.3) is 0 Å². The molecule has 0 aromatic carbocycles. The topological polar surface area (TPSA) is 239 Å². The zero-order valence-corrected chi connectivity index (χ0v) is 20.0. The molecule has 8 N–H and O–H groups in total. The molecule has 0 fully saturated rings. The average molecular weight is 504 g/mol. The minimum atomic E-state index is -3.12. The Labute approximate surface area is 196 Å². The molecule has 0 bridgehead atoms. The molecule has 0 atom stereocenters. The van der Waals surface area contributed by atoms with Gasteiger partial charge in [0, 0.05) is 25.7 Å². The molecule has 33 heavy (non-hydrogen) atoms. The van der Waals surface area contributed by atoms with Crippen molar-refractivity contribution in [3.8, 4) is 0 Å². The first-order valence-electron chi connectivity index (χ1n) is 10.7. The van der Waals surface area contributed by atoms with Crippen molar-refractivity contribution in [3.05, 3.63) is 0 Å². The molecule has 0 amide bonds. The summed E-state index contributed by atoms with van der Waals surface area (Å²) in [5.74, 6) is -2.96. The predicted molar refractivity (Wildman–Crippen MR) is 122 cm³/mol. The number of aliphatic carboxylic acids is 4. The third-order valence-corrected chi connectivity index (χ3v) is 4.06. The Kier molecular flexibility index (Phi) is 34.3. The van der Waals surface area contributed by atoms with E-state index in [-0.39, 0.29) is 31.8 Å². The molecule has 0 aliphatic carbocycles. The lowest BCUT2D eigenvalue weighted by Gasteiger charge is -1.98. The van der Waals surface area contributed by atoms with Crippen molar-refractivity contribution in [3.63, 3.8) is 0 Å². The van der Waals surface area contributed by atoms with Gasteiger partial charge in [-0.3, -0.25) is 23.7 Å². The predicted octanol–water partition coefficient (Wildman–Crippen LogP) is 3.79. The van der Waals surface area contributed by atoms with Gasteiger partial charge in [-0.2, -0.15) is 0 Å². The van der Waals surface area contributed by atoms with Gasteiger partial charge in [0.25, 0.3) is 11.0 Å². The lowest BCUT2D eigenvalue weighted by atomic mass is 10.1. The summed E-state index contributed by atoms with van der Waals surface area (Å²) in [7, 11) is -3.12. The summed E-state index contributed by atoms with van der Waals surface area (Å²) in [6, 6.07) is 0. The fraction of sp³-hybridized carbons (Fsp3) is 0.800. The molecule has 0 radical (unpaired) electrons. The molecule has 0 spiro atoms. The van der Waals surface area contributed by atoms with E-state index in [2.05, 4.69) is 0 Å². The molecule has 12 nitrogen and oxygen atoms in total. The lowest BCUT2D eigenvalue weighted by Crippen LogP contribution is -1.94. The third-order valence-electron chi connectivity index (χ3n) is 4.06. The van der Waals surface area contributed by atoms with Crippen molar-refractivity contribution < 1.29 is 52.6 Å². The number of carbonyl (C=O) groups is 4. The zero-order chi connectivity index (χ0) is 25.2. The number of thiol groups is 1. The molecule has 0 aromatic rings. The van der Waals surface area contributed by atoms with E-state index in [1.54, 1.807) is 0 Å². The van der Waals surface area contributed by atoms with Crippen molar-refractivity contribution in [1.29, 1.82) is 0 Å². The molecule has 0 rings (SSSR count). The lowest BCUT2D eigenvalue weighted by molar-refractivity contribution is -0.138. The van der Waals surface area contributed by atoms with Gasteiger partial charge in [-0.15, -0.1) is 0 Å². The maximum absolute atomic E-state index is 10.1. The molecule has 0 aromatic heterocycles. The number of rotatable bonds is 18. The summed E-state index contributed by atoms with van der Waals surface area (Å²) in [6.45, 7) is 0. The van der Waals surface area contributed by atoms with E-state index in [0.29, 0.717) is 0 Å². The smallest absolute Gasteiger partial charge is 0.303 e. The Hall–Kier alpha value is -2.25. The highest BCUT2D eigenvalue weighted by atomic mass is 32.2. The summed E-state index contributed by atoms with van der Waals surface area (Å²) in [5, 5.41) is 33.4. The van der Waals surface area contributed by atoms with Crippen LogP contribution >= 0.6 is 0 Å². The van der Waals surface area contributed by atoms with Crippen LogP contribution in [0, 0.1) is 0 Å². The fourth-order valence-electron chi connectivity index (χ4n) is 2.52. The third kappa shape index (κ3) is 58.7. The summed E-state index contributed by atoms with van der Waals surface area (Å²) in [5.41, 5.74) is 0. The van der Waals surface area contributed by atoms with Crippen LogP contribution < -0.4 is 6.15 Å². The first-order valence-corrected chi connectivity index (χ1v) is 11.8. The molecule has 198 valence electrons. The van der Waals surface area contributed by atoms with Gasteiger partial charge >= 0.3 is 23.9 Å². The van der Waals surface area contributed by atoms with E-state index >= 15 is 0 Å². The van der Waals surface area contributed by atoms with Gasteiger partial charge in [0.2, 0.25) is 0 Å². The summed E-state index contributed by atoms with van der Waals surface area (Å²) < 4.78 is 24.2. The van der Waals surface area contributed by atoms with Crippen LogP contribution in [0.3, 0.4) is 0 Å². The second kappa shape index (κ2) is 29.8. The maximum Gasteiger partial charge on any atom is 0.303 e. The van der Waals surface area contributed by atoms with Crippen LogP contribution in [0.1, 0.15) is 103 Å². The zero-order valence-electron chi connectivity index (χ0n) is 19.2. The molecule has 0 unspecified atom stereocenters. The minimum Gasteiger partial charge on any atom is -0.481 e. The highest BCUT2D eigenvalue weighted by molar-refractivity contribution is 7.66. The number of carboxylic acids is 4. The maximum atomic E-state index is 10.1. The highest BCUT2D eigenvalue weighted by Gasteiger charge is 1.99. The largest absolute Gasteiger partial charge is 0.481 e. The standard InChI is InChI=1S/2C10H18O4.H3N.H2O3S/c2*11-9(12)7-5-3-1-2-4-6-8-10(13)14;;1-4(2)3/h2*1-8H2,(H,11,12)(H,13,14);1H3;4H,(H,1,2,3). The molecule has 0 saturated carbocycles. The number of hydrogen-bond acceptors (Lipinski definition) is 7. The van der Waals surface area contributed by atoms with Crippen LogP contribution in [0.2, 0.25) is 0 Å². The Balaban J connectivity index is -0.000000213. The second-order valence-electron chi connectivity index (χ2n) is 7.06. The highest BCUT2D eigenvalue weighted by Crippen LogP contribution is 2.09. The van der Waals surface area contributed by atoms with E-state index in [1.807, 2.05) is 0 Å². The van der Waals surface area contributed by atoms with E-state index in [1.165, 1.54) is 0 Å². The first kappa shape index (κ1) is 38.0. The van der Waals surface area contributed by atoms with Gasteiger partial charge in [0.15, 0.2) is 0 Å². The van der Waals surface area contributed by atoms with Gasteiger partial charge in [0.1, 0.15) is 0 Å².